The number of anilines is 1. The van der Waals surface area contributed by atoms with Gasteiger partial charge in [0.1, 0.15) is 11.6 Å². The molecule has 0 spiro atoms. The molecule has 4 rings (SSSR count). The van der Waals surface area contributed by atoms with Gasteiger partial charge in [-0.25, -0.2) is 15.0 Å². The topological polar surface area (TPSA) is 66.0 Å². The van der Waals surface area contributed by atoms with E-state index in [0.717, 1.165) is 55.1 Å². The normalized spacial score (nSPS) is 18.2. The molecule has 2 atom stereocenters. The van der Waals surface area contributed by atoms with Crippen LogP contribution in [0.4, 0.5) is 5.82 Å². The highest BCUT2D eigenvalue weighted by Gasteiger charge is 2.31. The molecule has 0 radical (unpaired) electrons. The Balaban J connectivity index is 0.00000240. The Morgan fingerprint density at radius 2 is 1.97 bits per heavy atom. The molecule has 1 saturated heterocycles. The van der Waals surface area contributed by atoms with Crippen molar-refractivity contribution in [2.45, 2.75) is 38.9 Å². The monoisotopic (exact) mass is 456 g/mol. The largest absolute Gasteiger partial charge is 0.354 e. The van der Waals surface area contributed by atoms with Gasteiger partial charge < -0.3 is 10.6 Å². The van der Waals surface area contributed by atoms with E-state index in [0.29, 0.717) is 0 Å². The molecular weight excluding hydrogens is 428 g/mol. The SMILES string of the molecule is Br.CCCC(Nc1nccc2ccccc12)N1CCNCC1c1ncc(C)cn1. The summed E-state index contributed by atoms with van der Waals surface area (Å²) >= 11 is 0. The molecule has 1 aromatic carbocycles. The van der Waals surface area contributed by atoms with Crippen molar-refractivity contribution in [1.29, 1.82) is 0 Å². The molecule has 0 saturated carbocycles. The quantitative estimate of drug-likeness (QED) is 0.581. The van der Waals surface area contributed by atoms with Gasteiger partial charge in [0, 0.05) is 43.6 Å². The maximum absolute atomic E-state index is 4.65. The summed E-state index contributed by atoms with van der Waals surface area (Å²) in [5, 5.41) is 9.60. The van der Waals surface area contributed by atoms with E-state index in [1.54, 1.807) is 0 Å². The van der Waals surface area contributed by atoms with Crippen molar-refractivity contribution < 1.29 is 0 Å². The number of hydrogen-bond donors (Lipinski definition) is 2. The zero-order valence-corrected chi connectivity index (χ0v) is 18.7. The van der Waals surface area contributed by atoms with Gasteiger partial charge in [0.25, 0.3) is 0 Å². The van der Waals surface area contributed by atoms with Crippen LogP contribution < -0.4 is 10.6 Å². The van der Waals surface area contributed by atoms with Crippen molar-refractivity contribution in [2.24, 2.45) is 0 Å². The molecule has 6 nitrogen and oxygen atoms in total. The molecule has 1 aliphatic heterocycles. The second-order valence-corrected chi connectivity index (χ2v) is 7.41. The number of nitrogens with one attached hydrogen (secondary N) is 2. The van der Waals surface area contributed by atoms with E-state index < -0.39 is 0 Å². The number of hydrogen-bond acceptors (Lipinski definition) is 6. The molecule has 0 aliphatic carbocycles. The molecule has 3 aromatic rings. The second kappa shape index (κ2) is 10.1. The van der Waals surface area contributed by atoms with Gasteiger partial charge >= 0.3 is 0 Å². The van der Waals surface area contributed by atoms with Crippen LogP contribution in [0.3, 0.4) is 0 Å². The van der Waals surface area contributed by atoms with Crippen molar-refractivity contribution >= 4 is 33.6 Å². The number of halogens is 1. The Morgan fingerprint density at radius 1 is 1.17 bits per heavy atom. The molecule has 7 heteroatoms. The van der Waals surface area contributed by atoms with E-state index in [1.165, 1.54) is 5.39 Å². The van der Waals surface area contributed by atoms with Crippen LogP contribution in [-0.2, 0) is 0 Å². The molecule has 1 aliphatic rings. The fraction of sp³-hybridized carbons (Fsp3) is 0.409. The number of aryl methyl sites for hydroxylation is 1. The summed E-state index contributed by atoms with van der Waals surface area (Å²) in [6, 6.07) is 10.6. The summed E-state index contributed by atoms with van der Waals surface area (Å²) in [5.74, 6) is 1.82. The lowest BCUT2D eigenvalue weighted by atomic mass is 10.1. The average Bonchev–Trinajstić information content (AvgIpc) is 2.74. The molecule has 29 heavy (non-hydrogen) atoms. The highest BCUT2D eigenvalue weighted by molar-refractivity contribution is 8.93. The van der Waals surface area contributed by atoms with Crippen LogP contribution in [0.2, 0.25) is 0 Å². The van der Waals surface area contributed by atoms with Gasteiger partial charge in [-0.2, -0.15) is 0 Å². The fourth-order valence-corrected chi connectivity index (χ4v) is 3.89. The first kappa shape index (κ1) is 21.6. The summed E-state index contributed by atoms with van der Waals surface area (Å²) in [7, 11) is 0. The average molecular weight is 457 g/mol. The molecule has 2 N–H and O–H groups in total. The lowest BCUT2D eigenvalue weighted by molar-refractivity contribution is 0.108. The van der Waals surface area contributed by atoms with Crippen LogP contribution in [0.25, 0.3) is 10.8 Å². The lowest BCUT2D eigenvalue weighted by Crippen LogP contribution is -2.53. The highest BCUT2D eigenvalue weighted by atomic mass is 79.9. The maximum Gasteiger partial charge on any atom is 0.146 e. The fourth-order valence-electron chi connectivity index (χ4n) is 3.89. The van der Waals surface area contributed by atoms with Gasteiger partial charge in [-0.3, -0.25) is 4.90 Å². The molecule has 0 amide bonds. The third-order valence-electron chi connectivity index (χ3n) is 5.32. The van der Waals surface area contributed by atoms with E-state index in [4.69, 9.17) is 0 Å². The van der Waals surface area contributed by atoms with Crippen LogP contribution >= 0.6 is 17.0 Å². The summed E-state index contributed by atoms with van der Waals surface area (Å²) < 4.78 is 0. The Hall–Kier alpha value is -2.09. The van der Waals surface area contributed by atoms with Gasteiger partial charge in [0.05, 0.1) is 12.2 Å². The zero-order chi connectivity index (χ0) is 19.3. The predicted molar refractivity (Wildman–Crippen MR) is 123 cm³/mol. The number of fused-ring (bicyclic) bond motifs is 1. The molecule has 1 fully saturated rings. The highest BCUT2D eigenvalue weighted by Crippen LogP contribution is 2.27. The molecule has 0 bridgehead atoms. The Bertz CT molecular complexity index is 911. The van der Waals surface area contributed by atoms with Gasteiger partial charge in [-0.15, -0.1) is 17.0 Å². The number of piperazine rings is 1. The van der Waals surface area contributed by atoms with Gasteiger partial charge in [0.15, 0.2) is 0 Å². The third kappa shape index (κ3) is 4.91. The minimum atomic E-state index is 0. The summed E-state index contributed by atoms with van der Waals surface area (Å²) in [5.41, 5.74) is 1.09. The van der Waals surface area contributed by atoms with Crippen molar-refractivity contribution in [3.63, 3.8) is 0 Å². The van der Waals surface area contributed by atoms with Gasteiger partial charge in [-0.1, -0.05) is 37.6 Å². The predicted octanol–water partition coefficient (Wildman–Crippen LogP) is 4.10. The van der Waals surface area contributed by atoms with Gasteiger partial charge in [-0.05, 0) is 30.4 Å². The van der Waals surface area contributed by atoms with E-state index >= 15 is 0 Å². The van der Waals surface area contributed by atoms with Crippen LogP contribution in [0.15, 0.2) is 48.9 Å². The summed E-state index contributed by atoms with van der Waals surface area (Å²) in [4.78, 5) is 16.4. The van der Waals surface area contributed by atoms with Crippen molar-refractivity contribution in [3.8, 4) is 0 Å². The van der Waals surface area contributed by atoms with Crippen LogP contribution in [0, 0.1) is 6.92 Å². The number of nitrogens with zero attached hydrogens (tertiary/aromatic N) is 4. The summed E-state index contributed by atoms with van der Waals surface area (Å²) in [6.45, 7) is 7.02. The minimum Gasteiger partial charge on any atom is -0.354 e. The standard InChI is InChI=1S/C22H28N6.BrH/c1-3-6-20(27-21-18-8-5-4-7-17(18)9-10-24-21)28-12-11-23-15-19(28)22-25-13-16(2)14-26-22;/h4-5,7-10,13-14,19-20,23H,3,6,11-12,15H2,1-2H3,(H,24,27);1H. The van der Waals surface area contributed by atoms with Gasteiger partial charge in [0.2, 0.25) is 0 Å². The molecule has 2 unspecified atom stereocenters. The summed E-state index contributed by atoms with van der Waals surface area (Å²) in [6.07, 6.45) is 8.00. The first-order chi connectivity index (χ1) is 13.8. The zero-order valence-electron chi connectivity index (χ0n) is 17.0. The van der Waals surface area contributed by atoms with Crippen molar-refractivity contribution in [2.75, 3.05) is 25.0 Å². The molecule has 3 heterocycles. The van der Waals surface area contributed by atoms with E-state index in [9.17, 15) is 0 Å². The van der Waals surface area contributed by atoms with Crippen LogP contribution in [0.1, 0.15) is 37.2 Å². The number of aromatic nitrogens is 3. The molecule has 2 aromatic heterocycles. The number of benzene rings is 1. The Morgan fingerprint density at radius 3 is 2.76 bits per heavy atom. The number of rotatable bonds is 6. The molecular formula is C22H29BrN6. The van der Waals surface area contributed by atoms with Crippen LogP contribution in [-0.4, -0.2) is 45.7 Å². The molecule has 154 valence electrons. The second-order valence-electron chi connectivity index (χ2n) is 7.41. The maximum atomic E-state index is 4.65. The smallest absolute Gasteiger partial charge is 0.146 e. The first-order valence-corrected chi connectivity index (χ1v) is 10.1. The van der Waals surface area contributed by atoms with E-state index in [2.05, 4.69) is 67.7 Å². The van der Waals surface area contributed by atoms with Crippen molar-refractivity contribution in [1.82, 2.24) is 25.2 Å². The Labute approximate surface area is 182 Å². The minimum absolute atomic E-state index is 0. The van der Waals surface area contributed by atoms with E-state index in [-0.39, 0.29) is 29.2 Å². The van der Waals surface area contributed by atoms with E-state index in [1.807, 2.05) is 25.5 Å². The Kier molecular flexibility index (Phi) is 7.52. The first-order valence-electron chi connectivity index (χ1n) is 10.1. The lowest BCUT2D eigenvalue weighted by Gasteiger charge is -2.41. The van der Waals surface area contributed by atoms with Crippen LogP contribution in [0.5, 0.6) is 0 Å². The number of pyridine rings is 1. The third-order valence-corrected chi connectivity index (χ3v) is 5.32. The van der Waals surface area contributed by atoms with Crippen molar-refractivity contribution in [3.05, 3.63) is 60.3 Å².